The zero-order valence-corrected chi connectivity index (χ0v) is 15.6. The van der Waals surface area contributed by atoms with Crippen LogP contribution < -0.4 is 10.4 Å². The van der Waals surface area contributed by atoms with Gasteiger partial charge in [0.05, 0.1) is 11.2 Å². The van der Waals surface area contributed by atoms with Gasteiger partial charge in [-0.25, -0.2) is 0 Å². The molecule has 1 amide bonds. The molecule has 1 atom stereocenters. The van der Waals surface area contributed by atoms with E-state index in [0.717, 1.165) is 31.5 Å². The molecule has 1 unspecified atom stereocenters. The Morgan fingerprint density at radius 3 is 2.56 bits per heavy atom. The van der Waals surface area contributed by atoms with Gasteiger partial charge < -0.3 is 19.1 Å². The highest BCUT2D eigenvalue weighted by atomic mass is 16.7. The van der Waals surface area contributed by atoms with Gasteiger partial charge in [0.2, 0.25) is 5.91 Å². The molecule has 0 saturated carbocycles. The minimum absolute atomic E-state index is 0.315. The predicted octanol–water partition coefficient (Wildman–Crippen LogP) is 1.80. The lowest BCUT2D eigenvalue weighted by Crippen LogP contribution is -2.51. The minimum atomic E-state index is -0.334. The molecule has 0 aliphatic carbocycles. The van der Waals surface area contributed by atoms with Crippen LogP contribution in [0.25, 0.3) is 0 Å². The van der Waals surface area contributed by atoms with Crippen LogP contribution in [-0.4, -0.2) is 54.8 Å². The number of nitrogens with zero attached hydrogens (tertiary/aromatic N) is 2. The average Bonchev–Trinajstić information content (AvgIpc) is 3.04. The van der Waals surface area contributed by atoms with Crippen LogP contribution in [-0.2, 0) is 14.1 Å². The van der Waals surface area contributed by atoms with Gasteiger partial charge in [0.25, 0.3) is 0 Å². The Hall–Kier alpha value is -1.53. The molecular formula is C19H27BN2O3. The zero-order valence-electron chi connectivity index (χ0n) is 15.6. The first-order valence-corrected chi connectivity index (χ1v) is 9.27. The van der Waals surface area contributed by atoms with Crippen molar-refractivity contribution in [1.29, 1.82) is 0 Å². The van der Waals surface area contributed by atoms with E-state index in [4.69, 9.17) is 9.31 Å². The SMILES string of the molecule is CC1(C)OB(c2cccc(N3CCN4C(=O)CCC4C3)c2)OC1(C)C. The van der Waals surface area contributed by atoms with Crippen molar-refractivity contribution in [2.75, 3.05) is 24.5 Å². The van der Waals surface area contributed by atoms with E-state index in [1.807, 2.05) is 0 Å². The van der Waals surface area contributed by atoms with Crippen LogP contribution in [0.2, 0.25) is 0 Å². The molecule has 4 rings (SSSR count). The molecule has 0 radical (unpaired) electrons. The van der Waals surface area contributed by atoms with Crippen LogP contribution in [0.5, 0.6) is 0 Å². The average molecular weight is 342 g/mol. The molecule has 3 heterocycles. The fourth-order valence-electron chi connectivity index (χ4n) is 3.95. The fourth-order valence-corrected chi connectivity index (χ4v) is 3.95. The molecule has 3 fully saturated rings. The molecule has 1 aromatic rings. The zero-order chi connectivity index (χ0) is 17.8. The van der Waals surface area contributed by atoms with Gasteiger partial charge in [-0.05, 0) is 51.7 Å². The Kier molecular flexibility index (Phi) is 3.89. The van der Waals surface area contributed by atoms with Crippen molar-refractivity contribution in [1.82, 2.24) is 4.90 Å². The summed E-state index contributed by atoms with van der Waals surface area (Å²) in [6, 6.07) is 8.82. The van der Waals surface area contributed by atoms with Crippen LogP contribution in [0.1, 0.15) is 40.5 Å². The van der Waals surface area contributed by atoms with Gasteiger partial charge in [-0.2, -0.15) is 0 Å². The van der Waals surface area contributed by atoms with Crippen molar-refractivity contribution in [3.63, 3.8) is 0 Å². The molecule has 25 heavy (non-hydrogen) atoms. The van der Waals surface area contributed by atoms with Gasteiger partial charge >= 0.3 is 7.12 Å². The van der Waals surface area contributed by atoms with Crippen LogP contribution in [0.4, 0.5) is 5.69 Å². The van der Waals surface area contributed by atoms with Gasteiger partial charge in [0.15, 0.2) is 0 Å². The second-order valence-electron chi connectivity index (χ2n) is 8.41. The number of anilines is 1. The lowest BCUT2D eigenvalue weighted by Gasteiger charge is -2.39. The Labute approximate surface area is 150 Å². The fraction of sp³-hybridized carbons (Fsp3) is 0.632. The maximum absolute atomic E-state index is 11.9. The summed E-state index contributed by atoms with van der Waals surface area (Å²) in [5.74, 6) is 0.315. The summed E-state index contributed by atoms with van der Waals surface area (Å²) < 4.78 is 12.4. The molecule has 134 valence electrons. The molecule has 1 aromatic carbocycles. The first-order valence-electron chi connectivity index (χ1n) is 9.27. The smallest absolute Gasteiger partial charge is 0.399 e. The molecule has 0 aromatic heterocycles. The van der Waals surface area contributed by atoms with Gasteiger partial charge in [-0.3, -0.25) is 4.79 Å². The Morgan fingerprint density at radius 2 is 1.84 bits per heavy atom. The third-order valence-corrected chi connectivity index (χ3v) is 6.26. The number of carbonyl (C=O) groups excluding carboxylic acids is 1. The molecule has 0 N–H and O–H groups in total. The summed E-state index contributed by atoms with van der Waals surface area (Å²) in [5.41, 5.74) is 1.58. The Balaban J connectivity index is 1.52. The normalized spacial score (nSPS) is 27.8. The van der Waals surface area contributed by atoms with Crippen molar-refractivity contribution in [2.24, 2.45) is 0 Å². The summed E-state index contributed by atoms with van der Waals surface area (Å²) in [5, 5.41) is 0. The van der Waals surface area contributed by atoms with Crippen LogP contribution in [0.3, 0.4) is 0 Å². The highest BCUT2D eigenvalue weighted by Crippen LogP contribution is 2.36. The van der Waals surface area contributed by atoms with E-state index in [9.17, 15) is 4.79 Å². The maximum Gasteiger partial charge on any atom is 0.494 e. The molecule has 3 aliphatic heterocycles. The third-order valence-electron chi connectivity index (χ3n) is 6.26. The number of hydrogen-bond acceptors (Lipinski definition) is 4. The van der Waals surface area contributed by atoms with Crippen LogP contribution in [0, 0.1) is 0 Å². The molecule has 3 saturated heterocycles. The third kappa shape index (κ3) is 2.85. The Bertz CT molecular complexity index is 675. The van der Waals surface area contributed by atoms with Crippen LogP contribution >= 0.6 is 0 Å². The summed E-state index contributed by atoms with van der Waals surface area (Å²) in [4.78, 5) is 16.3. The van der Waals surface area contributed by atoms with Crippen molar-refractivity contribution in [2.45, 2.75) is 57.8 Å². The highest BCUT2D eigenvalue weighted by Gasteiger charge is 2.51. The molecule has 3 aliphatic rings. The number of hydrogen-bond donors (Lipinski definition) is 0. The van der Waals surface area contributed by atoms with Gasteiger partial charge in [-0.1, -0.05) is 12.1 Å². The van der Waals surface area contributed by atoms with E-state index >= 15 is 0 Å². The first kappa shape index (κ1) is 16.9. The second-order valence-corrected chi connectivity index (χ2v) is 8.41. The molecule has 5 nitrogen and oxygen atoms in total. The number of amides is 1. The lowest BCUT2D eigenvalue weighted by molar-refractivity contribution is -0.129. The van der Waals surface area contributed by atoms with Crippen molar-refractivity contribution < 1.29 is 14.1 Å². The largest absolute Gasteiger partial charge is 0.494 e. The van der Waals surface area contributed by atoms with E-state index in [1.165, 1.54) is 5.69 Å². The van der Waals surface area contributed by atoms with Crippen molar-refractivity contribution in [3.05, 3.63) is 24.3 Å². The summed E-state index contributed by atoms with van der Waals surface area (Å²) in [6.07, 6.45) is 1.68. The van der Waals surface area contributed by atoms with Gasteiger partial charge in [-0.15, -0.1) is 0 Å². The van der Waals surface area contributed by atoms with Crippen molar-refractivity contribution >= 4 is 24.2 Å². The molecular weight excluding hydrogens is 315 g/mol. The van der Waals surface area contributed by atoms with E-state index in [1.54, 1.807) is 0 Å². The topological polar surface area (TPSA) is 42.0 Å². The molecule has 6 heteroatoms. The lowest BCUT2D eigenvalue weighted by atomic mass is 9.79. The summed E-state index contributed by atoms with van der Waals surface area (Å²) in [7, 11) is -0.334. The number of rotatable bonds is 2. The van der Waals surface area contributed by atoms with E-state index in [-0.39, 0.29) is 18.3 Å². The quantitative estimate of drug-likeness (QED) is 0.769. The van der Waals surface area contributed by atoms with Gasteiger partial charge in [0, 0.05) is 37.8 Å². The first-order chi connectivity index (χ1) is 11.8. The van der Waals surface area contributed by atoms with Crippen LogP contribution in [0.15, 0.2) is 24.3 Å². The highest BCUT2D eigenvalue weighted by molar-refractivity contribution is 6.62. The Morgan fingerprint density at radius 1 is 1.12 bits per heavy atom. The van der Waals surface area contributed by atoms with E-state index in [2.05, 4.69) is 61.8 Å². The monoisotopic (exact) mass is 342 g/mol. The predicted molar refractivity (Wildman–Crippen MR) is 99.1 cm³/mol. The standard InChI is InChI=1S/C19H27BN2O3/c1-18(2)19(3,4)25-20(24-18)14-6-5-7-15(12-14)21-10-11-22-16(13-21)8-9-17(22)23/h5-7,12,16H,8-11,13H2,1-4H3. The summed E-state index contributed by atoms with van der Waals surface area (Å²) >= 11 is 0. The number of piperazine rings is 1. The molecule has 0 spiro atoms. The number of benzene rings is 1. The van der Waals surface area contributed by atoms with E-state index in [0.29, 0.717) is 18.4 Å². The number of carbonyl (C=O) groups is 1. The summed E-state index contributed by atoms with van der Waals surface area (Å²) in [6.45, 7) is 10.9. The van der Waals surface area contributed by atoms with Gasteiger partial charge in [0.1, 0.15) is 0 Å². The maximum atomic E-state index is 11.9. The van der Waals surface area contributed by atoms with Crippen molar-refractivity contribution in [3.8, 4) is 0 Å². The number of fused-ring (bicyclic) bond motifs is 1. The minimum Gasteiger partial charge on any atom is -0.399 e. The van der Waals surface area contributed by atoms with E-state index < -0.39 is 0 Å². The second kappa shape index (κ2) is 5.75. The molecule has 0 bridgehead atoms.